The fraction of sp³-hybridized carbons (Fsp3) is 0.400. The molecule has 3 heteroatoms. The van der Waals surface area contributed by atoms with E-state index in [0.717, 1.165) is 4.47 Å². The second-order valence-corrected chi connectivity index (χ2v) is 3.98. The van der Waals surface area contributed by atoms with Crippen LogP contribution in [-0.4, -0.2) is 6.10 Å². The predicted octanol–water partition coefficient (Wildman–Crippen LogP) is 3.17. The molecule has 1 aromatic rings. The third-order valence-corrected chi connectivity index (χ3v) is 2.03. The maximum atomic E-state index is 10.8. The Kier molecular flexibility index (Phi) is 3.75. The molecule has 0 fully saturated rings. The van der Waals surface area contributed by atoms with Crippen molar-refractivity contribution in [1.82, 2.24) is 0 Å². The van der Waals surface area contributed by atoms with Crippen LogP contribution in [0.5, 0.6) is 5.75 Å². The standard InChI is InChI=1S/C10H12BrO2/c1-7(2)13-10-4-3-9(11)5-8(10)6-12/h3-5,7H,6H2,1-2H3. The number of halogens is 1. The molecular weight excluding hydrogens is 232 g/mol. The molecule has 0 aliphatic heterocycles. The van der Waals surface area contributed by atoms with Crippen LogP contribution in [0.2, 0.25) is 0 Å². The van der Waals surface area contributed by atoms with Gasteiger partial charge >= 0.3 is 0 Å². The van der Waals surface area contributed by atoms with Crippen molar-refractivity contribution in [3.05, 3.63) is 28.2 Å². The number of hydrogen-bond acceptors (Lipinski definition) is 1. The van der Waals surface area contributed by atoms with Crippen LogP contribution in [0.25, 0.3) is 0 Å². The maximum Gasteiger partial charge on any atom is 0.125 e. The van der Waals surface area contributed by atoms with Crippen molar-refractivity contribution in [2.45, 2.75) is 26.6 Å². The Morgan fingerprint density at radius 3 is 2.69 bits per heavy atom. The summed E-state index contributed by atoms with van der Waals surface area (Å²) in [7, 11) is 0. The highest BCUT2D eigenvalue weighted by atomic mass is 79.9. The van der Waals surface area contributed by atoms with Crippen LogP contribution in [0.3, 0.4) is 0 Å². The van der Waals surface area contributed by atoms with Crippen molar-refractivity contribution >= 4 is 15.9 Å². The van der Waals surface area contributed by atoms with Crippen LogP contribution in [-0.2, 0) is 11.7 Å². The first-order valence-corrected chi connectivity index (χ1v) is 4.96. The minimum Gasteiger partial charge on any atom is -0.491 e. The number of hydrogen-bond donors (Lipinski definition) is 0. The molecule has 0 saturated carbocycles. The summed E-state index contributed by atoms with van der Waals surface area (Å²) in [6.45, 7) is 3.63. The van der Waals surface area contributed by atoms with E-state index < -0.39 is 0 Å². The fourth-order valence-electron chi connectivity index (χ4n) is 1.03. The van der Waals surface area contributed by atoms with E-state index in [1.165, 1.54) is 0 Å². The quantitative estimate of drug-likeness (QED) is 0.802. The van der Waals surface area contributed by atoms with Crippen LogP contribution in [0.15, 0.2) is 22.7 Å². The summed E-state index contributed by atoms with van der Waals surface area (Å²) >= 11 is 3.31. The second kappa shape index (κ2) is 4.63. The number of benzene rings is 1. The van der Waals surface area contributed by atoms with E-state index in [1.54, 1.807) is 6.07 Å². The Morgan fingerprint density at radius 1 is 1.46 bits per heavy atom. The summed E-state index contributed by atoms with van der Waals surface area (Å²) in [6.07, 6.45) is 0.103. The van der Waals surface area contributed by atoms with Gasteiger partial charge in [0.25, 0.3) is 0 Å². The predicted molar refractivity (Wildman–Crippen MR) is 54.3 cm³/mol. The molecule has 0 amide bonds. The van der Waals surface area contributed by atoms with Crippen LogP contribution >= 0.6 is 15.9 Å². The van der Waals surface area contributed by atoms with E-state index in [-0.39, 0.29) is 12.7 Å². The molecule has 1 rings (SSSR count). The van der Waals surface area contributed by atoms with E-state index in [9.17, 15) is 5.11 Å². The Balaban J connectivity index is 2.92. The summed E-state index contributed by atoms with van der Waals surface area (Å²) in [6, 6.07) is 5.49. The number of ether oxygens (including phenoxy) is 1. The van der Waals surface area contributed by atoms with Gasteiger partial charge in [0.05, 0.1) is 6.10 Å². The Labute approximate surface area is 86.7 Å². The molecule has 0 aliphatic carbocycles. The Morgan fingerprint density at radius 2 is 2.15 bits per heavy atom. The lowest BCUT2D eigenvalue weighted by Gasteiger charge is -2.12. The highest BCUT2D eigenvalue weighted by Gasteiger charge is 2.05. The summed E-state index contributed by atoms with van der Waals surface area (Å²) in [5, 5.41) is 10.8. The first-order valence-electron chi connectivity index (χ1n) is 4.16. The van der Waals surface area contributed by atoms with Gasteiger partial charge < -0.3 is 4.74 Å². The lowest BCUT2D eigenvalue weighted by molar-refractivity contribution is 0.167. The van der Waals surface area contributed by atoms with Crippen LogP contribution in [0.1, 0.15) is 19.4 Å². The van der Waals surface area contributed by atoms with E-state index in [1.807, 2.05) is 26.0 Å². The number of rotatable bonds is 3. The largest absolute Gasteiger partial charge is 0.491 e. The smallest absolute Gasteiger partial charge is 0.125 e. The average Bonchev–Trinajstić information content (AvgIpc) is 2.07. The molecule has 0 N–H and O–H groups in total. The van der Waals surface area contributed by atoms with Crippen molar-refractivity contribution < 1.29 is 9.84 Å². The van der Waals surface area contributed by atoms with Gasteiger partial charge in [-0.2, -0.15) is 0 Å². The van der Waals surface area contributed by atoms with Crippen molar-refractivity contribution in [2.75, 3.05) is 0 Å². The second-order valence-electron chi connectivity index (χ2n) is 3.06. The zero-order valence-corrected chi connectivity index (χ0v) is 9.30. The van der Waals surface area contributed by atoms with Crippen LogP contribution < -0.4 is 4.74 Å². The monoisotopic (exact) mass is 243 g/mol. The molecule has 1 radical (unpaired) electrons. The van der Waals surface area contributed by atoms with Crippen LogP contribution in [0.4, 0.5) is 0 Å². The first kappa shape index (κ1) is 10.5. The van der Waals surface area contributed by atoms with Gasteiger partial charge in [-0.25, -0.2) is 5.11 Å². The van der Waals surface area contributed by atoms with Crippen LogP contribution in [0, 0.1) is 0 Å². The molecule has 71 valence electrons. The molecular formula is C10H12BrO2. The lowest BCUT2D eigenvalue weighted by Crippen LogP contribution is -2.07. The minimum atomic E-state index is -0.249. The van der Waals surface area contributed by atoms with Gasteiger partial charge in [0.1, 0.15) is 12.4 Å². The van der Waals surface area contributed by atoms with Gasteiger partial charge in [-0.1, -0.05) is 15.9 Å². The van der Waals surface area contributed by atoms with Gasteiger partial charge in [-0.05, 0) is 32.0 Å². The zero-order valence-electron chi connectivity index (χ0n) is 7.71. The molecule has 1 aromatic carbocycles. The molecule has 0 atom stereocenters. The van der Waals surface area contributed by atoms with Gasteiger partial charge in [-0.15, -0.1) is 0 Å². The third kappa shape index (κ3) is 3.01. The normalized spacial score (nSPS) is 10.5. The third-order valence-electron chi connectivity index (χ3n) is 1.54. The topological polar surface area (TPSA) is 29.1 Å². The molecule has 0 spiro atoms. The summed E-state index contributed by atoms with van der Waals surface area (Å²) in [5.41, 5.74) is 0.697. The van der Waals surface area contributed by atoms with E-state index in [0.29, 0.717) is 11.3 Å². The molecule has 0 aliphatic rings. The average molecular weight is 244 g/mol. The van der Waals surface area contributed by atoms with Crippen molar-refractivity contribution in [3.63, 3.8) is 0 Å². The van der Waals surface area contributed by atoms with Gasteiger partial charge in [0.15, 0.2) is 0 Å². The van der Waals surface area contributed by atoms with Crippen molar-refractivity contribution in [1.29, 1.82) is 0 Å². The highest BCUT2D eigenvalue weighted by molar-refractivity contribution is 9.10. The molecule has 0 unspecified atom stereocenters. The molecule has 0 heterocycles. The fourth-order valence-corrected chi connectivity index (χ4v) is 1.44. The maximum absolute atomic E-state index is 10.8. The first-order chi connectivity index (χ1) is 6.13. The Hall–Kier alpha value is -0.540. The van der Waals surface area contributed by atoms with E-state index in [4.69, 9.17) is 4.74 Å². The van der Waals surface area contributed by atoms with Gasteiger partial charge in [-0.3, -0.25) is 0 Å². The SMILES string of the molecule is CC(C)Oc1ccc(Br)cc1C[O]. The molecule has 0 bridgehead atoms. The van der Waals surface area contributed by atoms with Crippen molar-refractivity contribution in [2.24, 2.45) is 0 Å². The highest BCUT2D eigenvalue weighted by Crippen LogP contribution is 2.24. The van der Waals surface area contributed by atoms with Crippen molar-refractivity contribution in [3.8, 4) is 5.75 Å². The van der Waals surface area contributed by atoms with E-state index in [2.05, 4.69) is 15.9 Å². The molecule has 13 heavy (non-hydrogen) atoms. The summed E-state index contributed by atoms with van der Waals surface area (Å²) < 4.78 is 6.38. The summed E-state index contributed by atoms with van der Waals surface area (Å²) in [4.78, 5) is 0. The molecule has 0 aromatic heterocycles. The van der Waals surface area contributed by atoms with Gasteiger partial charge in [0.2, 0.25) is 0 Å². The zero-order chi connectivity index (χ0) is 9.84. The minimum absolute atomic E-state index is 0.103. The Bertz CT molecular complexity index is 284. The lowest BCUT2D eigenvalue weighted by atomic mass is 10.2. The summed E-state index contributed by atoms with van der Waals surface area (Å²) in [5.74, 6) is 0.688. The van der Waals surface area contributed by atoms with E-state index >= 15 is 0 Å². The molecule has 2 nitrogen and oxygen atoms in total. The van der Waals surface area contributed by atoms with Gasteiger partial charge in [0, 0.05) is 10.0 Å². The molecule has 0 saturated heterocycles.